The Bertz CT molecular complexity index is 1710. The number of phosphoric ester groups is 1. The molecule has 0 rings (SSSR count). The van der Waals surface area contributed by atoms with Crippen molar-refractivity contribution in [3.63, 3.8) is 0 Å². The van der Waals surface area contributed by atoms with Crippen molar-refractivity contribution in [1.29, 1.82) is 0 Å². The largest absolute Gasteiger partial charge is 0.472 e. The number of aliphatic hydroxyl groups is 1. The summed E-state index contributed by atoms with van der Waals surface area (Å²) in [7, 11) is -4.77. The molecule has 0 aromatic heterocycles. The van der Waals surface area contributed by atoms with Crippen LogP contribution in [0.15, 0.2) is 97.2 Å². The molecule has 0 aliphatic heterocycles. The number of aliphatic hydroxyl groups excluding tert-OH is 1. The number of carbonyl (C=O) groups is 3. The molecular weight excluding hydrogens is 1020 g/mol. The lowest BCUT2D eigenvalue weighted by molar-refractivity contribution is -0.161. The first-order valence-corrected chi connectivity index (χ1v) is 33.6. The van der Waals surface area contributed by atoms with Crippen LogP contribution in [0.25, 0.3) is 0 Å². The number of hydrogen-bond donors (Lipinski definition) is 2. The summed E-state index contributed by atoms with van der Waals surface area (Å²) >= 11 is 0. The Hall–Kier alpha value is -3.60. The average Bonchev–Trinajstić information content (AvgIpc) is 3.45. The van der Waals surface area contributed by atoms with Crippen molar-refractivity contribution in [2.45, 2.75) is 290 Å². The zero-order valence-electron chi connectivity index (χ0n) is 51.0. The second kappa shape index (κ2) is 61.5. The Morgan fingerprint density at radius 2 is 0.650 bits per heavy atom. The van der Waals surface area contributed by atoms with Crippen molar-refractivity contribution in [2.24, 2.45) is 0 Å². The molecule has 0 aromatic carbocycles. The Morgan fingerprint density at radius 3 is 1.02 bits per heavy atom. The maximum absolute atomic E-state index is 13.0. The SMILES string of the molecule is CC/C=C\C/C=C\C/C=C\C/C=C\CCCCCCCCC(=O)OC(COC(=O)CCCC/C=C\C/C=C\C/C=C\C/C=C\CC)COP(=O)(O)OCC(CO)OC(=O)CCCCCCCCCCCCCCCCCCCCC. The Balaban J connectivity index is 4.72. The fourth-order valence-corrected chi connectivity index (χ4v) is 9.48. The molecule has 0 aliphatic rings. The lowest BCUT2D eigenvalue weighted by Crippen LogP contribution is -2.30. The molecule has 0 aliphatic carbocycles. The van der Waals surface area contributed by atoms with Gasteiger partial charge in [0.15, 0.2) is 6.10 Å². The van der Waals surface area contributed by atoms with Gasteiger partial charge in [0.2, 0.25) is 0 Å². The van der Waals surface area contributed by atoms with Gasteiger partial charge in [-0.3, -0.25) is 23.4 Å². The minimum absolute atomic E-state index is 0.139. The first-order chi connectivity index (χ1) is 39.2. The summed E-state index contributed by atoms with van der Waals surface area (Å²) < 4.78 is 39.6. The molecule has 3 unspecified atom stereocenters. The number of ether oxygens (including phenoxy) is 3. The molecular formula is C68H117O11P. The first kappa shape index (κ1) is 76.4. The minimum atomic E-state index is -4.77. The number of esters is 3. The van der Waals surface area contributed by atoms with Gasteiger partial charge in [0, 0.05) is 19.3 Å². The highest BCUT2D eigenvalue weighted by molar-refractivity contribution is 7.47. The van der Waals surface area contributed by atoms with E-state index in [2.05, 4.69) is 118 Å². The number of allylic oxidation sites excluding steroid dienone is 16. The highest BCUT2D eigenvalue weighted by Gasteiger charge is 2.28. The molecule has 0 saturated carbocycles. The van der Waals surface area contributed by atoms with Gasteiger partial charge in [-0.2, -0.15) is 0 Å². The molecule has 12 heteroatoms. The maximum atomic E-state index is 13.0. The number of unbranched alkanes of at least 4 members (excludes halogenated alkanes) is 26. The van der Waals surface area contributed by atoms with E-state index in [1.54, 1.807) is 0 Å². The van der Waals surface area contributed by atoms with E-state index in [1.165, 1.54) is 96.3 Å². The van der Waals surface area contributed by atoms with Crippen LogP contribution in [0.5, 0.6) is 0 Å². The Kier molecular flexibility index (Phi) is 58.7. The fraction of sp³-hybridized carbons (Fsp3) is 0.721. The zero-order valence-corrected chi connectivity index (χ0v) is 51.9. The molecule has 0 amide bonds. The molecule has 0 heterocycles. The summed E-state index contributed by atoms with van der Waals surface area (Å²) in [4.78, 5) is 48.7. The number of carbonyl (C=O) groups excluding carboxylic acids is 3. The second-order valence-corrected chi connectivity index (χ2v) is 22.6. The number of rotatable bonds is 59. The first-order valence-electron chi connectivity index (χ1n) is 32.1. The second-order valence-electron chi connectivity index (χ2n) is 21.2. The summed E-state index contributed by atoms with van der Waals surface area (Å²) in [5.41, 5.74) is 0. The van der Waals surface area contributed by atoms with Crippen molar-refractivity contribution >= 4 is 25.7 Å². The van der Waals surface area contributed by atoms with Crippen LogP contribution < -0.4 is 0 Å². The van der Waals surface area contributed by atoms with Crippen LogP contribution in [0.4, 0.5) is 0 Å². The zero-order chi connectivity index (χ0) is 58.3. The molecule has 3 atom stereocenters. The molecule has 0 bridgehead atoms. The van der Waals surface area contributed by atoms with Gasteiger partial charge in [-0.1, -0.05) is 259 Å². The topological polar surface area (TPSA) is 155 Å². The van der Waals surface area contributed by atoms with Gasteiger partial charge in [-0.25, -0.2) is 4.57 Å². The third-order valence-corrected chi connectivity index (χ3v) is 14.5. The van der Waals surface area contributed by atoms with Crippen LogP contribution in [-0.2, 0) is 42.2 Å². The standard InChI is InChI=1S/C68H117O11P/c1-4-7-10-13-16-19-22-25-28-30-32-34-37-40-43-46-49-52-55-58-67(71)78-64(60-69)62-76-80(73,74)77-63-65(61-75-66(70)57-54-51-48-45-42-39-36-27-24-21-18-15-12-9-6-3)79-68(72)59-56-53-50-47-44-41-38-35-33-31-29-26-23-20-17-14-11-8-5-2/h8-9,11-12,17-18,20-21,26-27,29,33,35-36,42,45,64-65,69H,4-7,10,13-16,19,22-25,28,30-32,34,37-41,43-44,46-63H2,1-3H3,(H,73,74)/b11-8-,12-9-,20-17-,21-18-,29-26-,35-33-,36-27-,45-42-. The summed E-state index contributed by atoms with van der Waals surface area (Å²) in [6.07, 6.45) is 73.6. The van der Waals surface area contributed by atoms with Crippen molar-refractivity contribution in [3.05, 3.63) is 97.2 Å². The summed E-state index contributed by atoms with van der Waals surface area (Å²) in [6.45, 7) is 4.39. The molecule has 2 N–H and O–H groups in total. The van der Waals surface area contributed by atoms with Crippen LogP contribution in [0.2, 0.25) is 0 Å². The highest BCUT2D eigenvalue weighted by Crippen LogP contribution is 2.43. The van der Waals surface area contributed by atoms with Gasteiger partial charge in [0.1, 0.15) is 12.7 Å². The van der Waals surface area contributed by atoms with Crippen molar-refractivity contribution in [1.82, 2.24) is 0 Å². The normalized spacial score (nSPS) is 13.9. The predicted molar refractivity (Wildman–Crippen MR) is 334 cm³/mol. The number of hydrogen-bond acceptors (Lipinski definition) is 10. The van der Waals surface area contributed by atoms with Gasteiger partial charge in [0.05, 0.1) is 19.8 Å². The van der Waals surface area contributed by atoms with Gasteiger partial charge >= 0.3 is 25.7 Å². The third-order valence-electron chi connectivity index (χ3n) is 13.5. The molecule has 0 spiro atoms. The lowest BCUT2D eigenvalue weighted by atomic mass is 10.0. The van der Waals surface area contributed by atoms with Crippen LogP contribution in [0, 0.1) is 0 Å². The summed E-state index contributed by atoms with van der Waals surface area (Å²) in [5.74, 6) is -1.53. The van der Waals surface area contributed by atoms with Crippen molar-refractivity contribution < 1.29 is 52.2 Å². The highest BCUT2D eigenvalue weighted by atomic mass is 31.2. The molecule has 0 saturated heterocycles. The van der Waals surface area contributed by atoms with Crippen molar-refractivity contribution in [3.8, 4) is 0 Å². The summed E-state index contributed by atoms with van der Waals surface area (Å²) in [5, 5.41) is 9.86. The monoisotopic (exact) mass is 1140 g/mol. The van der Waals surface area contributed by atoms with E-state index in [1.807, 2.05) is 0 Å². The average molecular weight is 1140 g/mol. The predicted octanol–water partition coefficient (Wildman–Crippen LogP) is 19.6. The van der Waals surface area contributed by atoms with E-state index < -0.39 is 57.8 Å². The van der Waals surface area contributed by atoms with E-state index in [9.17, 15) is 28.9 Å². The van der Waals surface area contributed by atoms with Gasteiger partial charge < -0.3 is 24.2 Å². The molecule has 80 heavy (non-hydrogen) atoms. The van der Waals surface area contributed by atoms with Crippen LogP contribution in [0.3, 0.4) is 0 Å². The minimum Gasteiger partial charge on any atom is -0.462 e. The lowest BCUT2D eigenvalue weighted by Gasteiger charge is -2.21. The van der Waals surface area contributed by atoms with E-state index in [0.717, 1.165) is 122 Å². The van der Waals surface area contributed by atoms with Gasteiger partial charge in [0.25, 0.3) is 0 Å². The van der Waals surface area contributed by atoms with E-state index in [4.69, 9.17) is 23.3 Å². The molecule has 460 valence electrons. The van der Waals surface area contributed by atoms with Crippen LogP contribution in [-0.4, -0.2) is 66.5 Å². The number of phosphoric acid groups is 1. The quantitative estimate of drug-likeness (QED) is 0.0197. The third kappa shape index (κ3) is 59.0. The van der Waals surface area contributed by atoms with E-state index in [0.29, 0.717) is 19.3 Å². The molecule has 0 fully saturated rings. The Morgan fingerprint density at radius 1 is 0.362 bits per heavy atom. The Labute approximate surface area is 489 Å². The smallest absolute Gasteiger partial charge is 0.462 e. The molecule has 0 aromatic rings. The van der Waals surface area contributed by atoms with Crippen molar-refractivity contribution in [2.75, 3.05) is 26.4 Å². The van der Waals surface area contributed by atoms with E-state index in [-0.39, 0.29) is 25.9 Å². The van der Waals surface area contributed by atoms with Crippen LogP contribution >= 0.6 is 7.82 Å². The van der Waals surface area contributed by atoms with Gasteiger partial charge in [-0.15, -0.1) is 0 Å². The molecule has 0 radical (unpaired) electrons. The fourth-order valence-electron chi connectivity index (χ4n) is 8.69. The van der Waals surface area contributed by atoms with E-state index >= 15 is 0 Å². The van der Waals surface area contributed by atoms with Crippen LogP contribution in [0.1, 0.15) is 278 Å². The maximum Gasteiger partial charge on any atom is 0.472 e. The molecule has 11 nitrogen and oxygen atoms in total. The van der Waals surface area contributed by atoms with Gasteiger partial charge in [-0.05, 0) is 96.3 Å². The summed E-state index contributed by atoms with van der Waals surface area (Å²) in [6, 6.07) is 0.